The van der Waals surface area contributed by atoms with Gasteiger partial charge in [-0.15, -0.1) is 0 Å². The molecule has 7 nitrogen and oxygen atoms in total. The van der Waals surface area contributed by atoms with E-state index in [1.165, 1.54) is 0 Å². The average Bonchev–Trinajstić information content (AvgIpc) is 3.48. The molecule has 3 aromatic heterocycles. The van der Waals surface area contributed by atoms with Gasteiger partial charge >= 0.3 is 0 Å². The first-order valence-corrected chi connectivity index (χ1v) is 10.1. The normalized spacial score (nSPS) is 11.9. The molecule has 152 valence electrons. The molecule has 31 heavy (non-hydrogen) atoms. The predicted octanol–water partition coefficient (Wildman–Crippen LogP) is 5.31. The Hall–Kier alpha value is -3.97. The molecule has 0 saturated heterocycles. The molecule has 7 heteroatoms. The van der Waals surface area contributed by atoms with Gasteiger partial charge in [0.25, 0.3) is 0 Å². The van der Waals surface area contributed by atoms with E-state index in [-0.39, 0.29) is 0 Å². The lowest BCUT2D eigenvalue weighted by Crippen LogP contribution is -2.23. The third-order valence-corrected chi connectivity index (χ3v) is 5.09. The molecule has 6 rings (SSSR count). The van der Waals surface area contributed by atoms with E-state index in [4.69, 9.17) is 13.3 Å². The molecule has 0 aliphatic carbocycles. The quantitative estimate of drug-likeness (QED) is 0.368. The van der Waals surface area contributed by atoms with Crippen LogP contribution in [0.4, 0.5) is 0 Å². The standard InChI is InChI=1S/C24H18N4O3/c1-4-10-19-16(7-1)25-22(29-19)13-28(14-23-26-17-8-2-5-11-20(17)30-23)15-24-27-18-9-3-6-12-21(18)31-24/h1-12H,13-15H2. The Bertz CT molecular complexity index is 1220. The number of para-hydroxylation sites is 6. The van der Waals surface area contributed by atoms with Gasteiger partial charge in [0.1, 0.15) is 16.6 Å². The molecule has 0 bridgehead atoms. The van der Waals surface area contributed by atoms with Gasteiger partial charge in [0, 0.05) is 0 Å². The van der Waals surface area contributed by atoms with Gasteiger partial charge in [-0.3, -0.25) is 4.90 Å². The number of benzene rings is 3. The van der Waals surface area contributed by atoms with Crippen LogP contribution >= 0.6 is 0 Å². The van der Waals surface area contributed by atoms with Crippen LogP contribution < -0.4 is 0 Å². The van der Waals surface area contributed by atoms with Crippen molar-refractivity contribution in [1.82, 2.24) is 19.9 Å². The molecule has 0 aliphatic heterocycles. The molecule has 6 aromatic rings. The first-order valence-electron chi connectivity index (χ1n) is 10.1. The molecular formula is C24H18N4O3. The van der Waals surface area contributed by atoms with Crippen molar-refractivity contribution in [2.24, 2.45) is 0 Å². The predicted molar refractivity (Wildman–Crippen MR) is 115 cm³/mol. The molecule has 0 spiro atoms. The number of oxazole rings is 3. The van der Waals surface area contributed by atoms with E-state index in [1.807, 2.05) is 72.8 Å². The third-order valence-electron chi connectivity index (χ3n) is 5.09. The Morgan fingerprint density at radius 1 is 0.484 bits per heavy atom. The lowest BCUT2D eigenvalue weighted by atomic mass is 10.3. The maximum absolute atomic E-state index is 5.94. The Labute approximate surface area is 176 Å². The Morgan fingerprint density at radius 2 is 0.806 bits per heavy atom. The van der Waals surface area contributed by atoms with Gasteiger partial charge in [0.05, 0.1) is 19.6 Å². The summed E-state index contributed by atoms with van der Waals surface area (Å²) in [4.78, 5) is 15.9. The van der Waals surface area contributed by atoms with Crippen LogP contribution in [-0.2, 0) is 19.6 Å². The fourth-order valence-electron chi connectivity index (χ4n) is 3.70. The first-order chi connectivity index (χ1) is 15.3. The molecular weight excluding hydrogens is 392 g/mol. The minimum Gasteiger partial charge on any atom is -0.439 e. The molecule has 0 N–H and O–H groups in total. The molecule has 3 aromatic carbocycles. The summed E-state index contributed by atoms with van der Waals surface area (Å²) in [5.41, 5.74) is 4.80. The lowest BCUT2D eigenvalue weighted by Gasteiger charge is -2.16. The number of aromatic nitrogens is 3. The monoisotopic (exact) mass is 410 g/mol. The van der Waals surface area contributed by atoms with Crippen molar-refractivity contribution >= 4 is 33.3 Å². The highest BCUT2D eigenvalue weighted by Gasteiger charge is 2.18. The van der Waals surface area contributed by atoms with Crippen molar-refractivity contribution in [3.63, 3.8) is 0 Å². The molecule has 0 radical (unpaired) electrons. The van der Waals surface area contributed by atoms with Crippen molar-refractivity contribution < 1.29 is 13.3 Å². The van der Waals surface area contributed by atoms with Crippen molar-refractivity contribution in [2.45, 2.75) is 19.6 Å². The third kappa shape index (κ3) is 3.55. The number of fused-ring (bicyclic) bond motifs is 3. The van der Waals surface area contributed by atoms with Gasteiger partial charge < -0.3 is 13.3 Å². The maximum Gasteiger partial charge on any atom is 0.209 e. The minimum atomic E-state index is 0.464. The van der Waals surface area contributed by atoms with Crippen LogP contribution in [0.2, 0.25) is 0 Å². The van der Waals surface area contributed by atoms with Crippen LogP contribution in [-0.4, -0.2) is 19.9 Å². The summed E-state index contributed by atoms with van der Waals surface area (Å²) in [6.07, 6.45) is 0. The van der Waals surface area contributed by atoms with Crippen LogP contribution in [0.25, 0.3) is 33.3 Å². The van der Waals surface area contributed by atoms with E-state index >= 15 is 0 Å². The summed E-state index contributed by atoms with van der Waals surface area (Å²) >= 11 is 0. The molecule has 0 saturated carbocycles. The van der Waals surface area contributed by atoms with Crippen LogP contribution in [0.1, 0.15) is 17.7 Å². The maximum atomic E-state index is 5.94. The second kappa shape index (κ2) is 7.37. The SMILES string of the molecule is c1ccc2oc(CN(Cc3nc4ccccc4o3)Cc3nc4ccccc4o3)nc2c1. The summed E-state index contributed by atoms with van der Waals surface area (Å²) in [5.74, 6) is 1.86. The molecule has 0 fully saturated rings. The van der Waals surface area contributed by atoms with Crippen molar-refractivity contribution in [2.75, 3.05) is 0 Å². The zero-order valence-electron chi connectivity index (χ0n) is 16.6. The van der Waals surface area contributed by atoms with E-state index in [0.717, 1.165) is 33.3 Å². The number of hydrogen-bond acceptors (Lipinski definition) is 7. The van der Waals surface area contributed by atoms with Gasteiger partial charge in [-0.1, -0.05) is 36.4 Å². The summed E-state index contributed by atoms with van der Waals surface area (Å²) in [5, 5.41) is 0. The van der Waals surface area contributed by atoms with Crippen molar-refractivity contribution in [3.05, 3.63) is 90.5 Å². The topological polar surface area (TPSA) is 81.3 Å². The number of rotatable bonds is 6. The fraction of sp³-hybridized carbons (Fsp3) is 0.125. The summed E-state index contributed by atoms with van der Waals surface area (Å²) in [7, 11) is 0. The number of nitrogens with zero attached hydrogens (tertiary/aromatic N) is 4. The zero-order chi connectivity index (χ0) is 20.6. The summed E-state index contributed by atoms with van der Waals surface area (Å²) < 4.78 is 17.8. The molecule has 0 atom stereocenters. The second-order valence-corrected chi connectivity index (χ2v) is 7.37. The molecule has 0 unspecified atom stereocenters. The molecule has 0 amide bonds. The lowest BCUT2D eigenvalue weighted by molar-refractivity contribution is 0.189. The minimum absolute atomic E-state index is 0.464. The van der Waals surface area contributed by atoms with E-state index < -0.39 is 0 Å². The van der Waals surface area contributed by atoms with E-state index in [0.29, 0.717) is 37.3 Å². The average molecular weight is 410 g/mol. The molecule has 0 aliphatic rings. The summed E-state index contributed by atoms with van der Waals surface area (Å²) in [6.45, 7) is 1.39. The van der Waals surface area contributed by atoms with Gasteiger partial charge in [-0.25, -0.2) is 15.0 Å². The Balaban J connectivity index is 1.32. The fourth-order valence-corrected chi connectivity index (χ4v) is 3.70. The smallest absolute Gasteiger partial charge is 0.209 e. The summed E-state index contributed by atoms with van der Waals surface area (Å²) in [6, 6.07) is 23.2. The Morgan fingerprint density at radius 3 is 1.13 bits per heavy atom. The van der Waals surface area contributed by atoms with Crippen LogP contribution in [0, 0.1) is 0 Å². The van der Waals surface area contributed by atoms with Gasteiger partial charge in [0.15, 0.2) is 16.7 Å². The second-order valence-electron chi connectivity index (χ2n) is 7.37. The first kappa shape index (κ1) is 17.9. The van der Waals surface area contributed by atoms with Gasteiger partial charge in [0.2, 0.25) is 17.7 Å². The molecule has 3 heterocycles. The van der Waals surface area contributed by atoms with E-state index in [9.17, 15) is 0 Å². The highest BCUT2D eigenvalue weighted by Crippen LogP contribution is 2.22. The highest BCUT2D eigenvalue weighted by molar-refractivity contribution is 5.73. The zero-order valence-corrected chi connectivity index (χ0v) is 16.6. The number of hydrogen-bond donors (Lipinski definition) is 0. The van der Waals surface area contributed by atoms with Crippen molar-refractivity contribution in [3.8, 4) is 0 Å². The van der Waals surface area contributed by atoms with Gasteiger partial charge in [-0.2, -0.15) is 0 Å². The van der Waals surface area contributed by atoms with E-state index in [2.05, 4.69) is 19.9 Å². The van der Waals surface area contributed by atoms with Crippen LogP contribution in [0.5, 0.6) is 0 Å². The van der Waals surface area contributed by atoms with Crippen LogP contribution in [0.15, 0.2) is 86.0 Å². The largest absolute Gasteiger partial charge is 0.439 e. The Kier molecular flexibility index (Phi) is 4.25. The van der Waals surface area contributed by atoms with E-state index in [1.54, 1.807) is 0 Å². The van der Waals surface area contributed by atoms with Gasteiger partial charge in [-0.05, 0) is 36.4 Å². The van der Waals surface area contributed by atoms with Crippen molar-refractivity contribution in [1.29, 1.82) is 0 Å². The van der Waals surface area contributed by atoms with Crippen LogP contribution in [0.3, 0.4) is 0 Å². The highest BCUT2D eigenvalue weighted by atomic mass is 16.4.